The number of hydrogen-bond donors (Lipinski definition) is 0. The van der Waals surface area contributed by atoms with Gasteiger partial charge in [0.15, 0.2) is 5.65 Å². The van der Waals surface area contributed by atoms with Crippen molar-refractivity contribution in [3.63, 3.8) is 0 Å². The van der Waals surface area contributed by atoms with Crippen LogP contribution >= 0.6 is 27.3 Å². The number of fused-ring (bicyclic) bond motifs is 2. The van der Waals surface area contributed by atoms with Gasteiger partial charge in [-0.1, -0.05) is 34.1 Å². The van der Waals surface area contributed by atoms with E-state index in [9.17, 15) is 8.42 Å². The van der Waals surface area contributed by atoms with Crippen LogP contribution < -0.4 is 0 Å². The molecule has 0 atom stereocenters. The molecule has 0 fully saturated rings. The maximum absolute atomic E-state index is 13.5. The van der Waals surface area contributed by atoms with E-state index in [0.717, 1.165) is 31.9 Å². The smallest absolute Gasteiger partial charge is 0.248 e. The Morgan fingerprint density at radius 2 is 1.74 bits per heavy atom. The highest BCUT2D eigenvalue weighted by Crippen LogP contribution is 2.37. The van der Waals surface area contributed by atoms with Crippen molar-refractivity contribution >= 4 is 59.2 Å². The lowest BCUT2D eigenvalue weighted by atomic mass is 10.0. The highest BCUT2D eigenvalue weighted by Gasteiger charge is 2.23. The molecule has 0 bridgehead atoms. The second-order valence-corrected chi connectivity index (χ2v) is 11.3. The molecule has 4 heterocycles. The Kier molecular flexibility index (Phi) is 5.09. The van der Waals surface area contributed by atoms with E-state index in [1.54, 1.807) is 54.1 Å². The molecule has 166 valence electrons. The van der Waals surface area contributed by atoms with Crippen molar-refractivity contribution in [2.75, 3.05) is 0 Å². The van der Waals surface area contributed by atoms with Gasteiger partial charge in [-0.2, -0.15) is 11.3 Å². The molecule has 6 aromatic rings. The zero-order valence-electron chi connectivity index (χ0n) is 17.6. The van der Waals surface area contributed by atoms with Crippen LogP contribution in [0.2, 0.25) is 0 Å². The number of benzene rings is 2. The van der Waals surface area contributed by atoms with Crippen LogP contribution in [0.5, 0.6) is 0 Å². The Morgan fingerprint density at radius 3 is 2.53 bits per heavy atom. The summed E-state index contributed by atoms with van der Waals surface area (Å²) in [4.78, 5) is 9.55. The molecule has 4 aromatic heterocycles. The van der Waals surface area contributed by atoms with E-state index in [0.29, 0.717) is 16.9 Å². The predicted molar refractivity (Wildman–Crippen MR) is 141 cm³/mol. The zero-order chi connectivity index (χ0) is 23.3. The van der Waals surface area contributed by atoms with Crippen LogP contribution in [0.15, 0.2) is 105 Å². The predicted octanol–water partition coefficient (Wildman–Crippen LogP) is 6.98. The molecule has 0 saturated heterocycles. The Morgan fingerprint density at radius 1 is 0.882 bits per heavy atom. The molecule has 0 radical (unpaired) electrons. The summed E-state index contributed by atoms with van der Waals surface area (Å²) in [6.07, 6.45) is 3.23. The van der Waals surface area contributed by atoms with E-state index < -0.39 is 10.0 Å². The van der Waals surface area contributed by atoms with E-state index in [2.05, 4.69) is 38.4 Å². The van der Waals surface area contributed by atoms with Crippen molar-refractivity contribution in [1.82, 2.24) is 13.9 Å². The highest BCUT2D eigenvalue weighted by atomic mass is 79.9. The van der Waals surface area contributed by atoms with Crippen molar-refractivity contribution < 1.29 is 8.42 Å². The third-order valence-corrected chi connectivity index (χ3v) is 8.55. The molecule has 34 heavy (non-hydrogen) atoms. The fourth-order valence-corrected chi connectivity index (χ4v) is 6.48. The molecule has 0 spiro atoms. The summed E-state index contributed by atoms with van der Waals surface area (Å²) >= 11 is 5.20. The Bertz CT molecular complexity index is 1780. The van der Waals surface area contributed by atoms with Gasteiger partial charge in [0.1, 0.15) is 0 Å². The highest BCUT2D eigenvalue weighted by molar-refractivity contribution is 9.10. The molecule has 0 aliphatic rings. The van der Waals surface area contributed by atoms with Gasteiger partial charge in [0.2, 0.25) is 0 Å². The molecule has 0 unspecified atom stereocenters. The van der Waals surface area contributed by atoms with Gasteiger partial charge in [-0.25, -0.2) is 22.4 Å². The summed E-state index contributed by atoms with van der Waals surface area (Å²) < 4.78 is 29.2. The lowest BCUT2D eigenvalue weighted by Gasteiger charge is -2.09. The molecule has 0 N–H and O–H groups in total. The van der Waals surface area contributed by atoms with Crippen LogP contribution in [-0.4, -0.2) is 22.4 Å². The Labute approximate surface area is 208 Å². The van der Waals surface area contributed by atoms with Gasteiger partial charge < -0.3 is 0 Å². The normalized spacial score (nSPS) is 11.9. The average molecular weight is 546 g/mol. The van der Waals surface area contributed by atoms with E-state index in [-0.39, 0.29) is 4.90 Å². The lowest BCUT2D eigenvalue weighted by Crippen LogP contribution is -2.12. The van der Waals surface area contributed by atoms with Gasteiger partial charge >= 0.3 is 0 Å². The molecule has 6 rings (SSSR count). The number of pyridine rings is 2. The Balaban J connectivity index is 1.64. The summed E-state index contributed by atoms with van der Waals surface area (Å²) in [5.74, 6) is 0. The number of nitrogens with zero attached hydrogens (tertiary/aromatic N) is 3. The van der Waals surface area contributed by atoms with Gasteiger partial charge in [-0.15, -0.1) is 0 Å². The first-order valence-corrected chi connectivity index (χ1v) is 13.6. The quantitative estimate of drug-likeness (QED) is 0.239. The SMILES string of the molecule is O=S(=O)(c1ccccc1)n1cc(-c2cc(-c3ccsc3)c3cc(Br)ccc3n2)c2cccnc21. The van der Waals surface area contributed by atoms with Crippen LogP contribution in [0.1, 0.15) is 0 Å². The first-order chi connectivity index (χ1) is 16.5. The second kappa shape index (κ2) is 8.16. The largest absolute Gasteiger partial charge is 0.269 e. The number of halogens is 1. The lowest BCUT2D eigenvalue weighted by molar-refractivity contribution is 0.589. The standard InChI is InChI=1S/C26H16BrN3O2S2/c27-18-8-9-24-22(13-18)21(17-10-12-33-16-17)14-25(29-24)23-15-30(26-20(23)7-4-11-28-26)34(31,32)19-5-2-1-3-6-19/h1-16H. The average Bonchev–Trinajstić information content (AvgIpc) is 3.53. The fraction of sp³-hybridized carbons (Fsp3) is 0. The molecule has 8 heteroatoms. The minimum absolute atomic E-state index is 0.208. The number of hydrogen-bond acceptors (Lipinski definition) is 5. The summed E-state index contributed by atoms with van der Waals surface area (Å²) in [5, 5.41) is 5.89. The number of rotatable bonds is 4. The zero-order valence-corrected chi connectivity index (χ0v) is 20.8. The molecule has 0 saturated carbocycles. The van der Waals surface area contributed by atoms with Crippen molar-refractivity contribution in [1.29, 1.82) is 0 Å². The van der Waals surface area contributed by atoms with Gasteiger partial charge in [-0.3, -0.25) is 0 Å². The van der Waals surface area contributed by atoms with E-state index in [1.165, 1.54) is 3.97 Å². The first-order valence-electron chi connectivity index (χ1n) is 10.4. The van der Waals surface area contributed by atoms with E-state index in [1.807, 2.05) is 35.7 Å². The van der Waals surface area contributed by atoms with Gasteiger partial charge in [0, 0.05) is 33.2 Å². The monoisotopic (exact) mass is 545 g/mol. The van der Waals surface area contributed by atoms with Crippen molar-refractivity contribution in [2.45, 2.75) is 4.90 Å². The van der Waals surface area contributed by atoms with Crippen molar-refractivity contribution in [3.05, 3.63) is 100 Å². The molecule has 5 nitrogen and oxygen atoms in total. The second-order valence-electron chi connectivity index (χ2n) is 7.76. The summed E-state index contributed by atoms with van der Waals surface area (Å²) in [7, 11) is -3.83. The summed E-state index contributed by atoms with van der Waals surface area (Å²) in [6.45, 7) is 0. The fourth-order valence-electron chi connectivity index (χ4n) is 4.12. The third-order valence-electron chi connectivity index (χ3n) is 5.71. The molecule has 0 aliphatic carbocycles. The van der Waals surface area contributed by atoms with E-state index in [4.69, 9.17) is 4.98 Å². The molecule has 0 amide bonds. The Hall–Kier alpha value is -3.33. The molecule has 2 aromatic carbocycles. The van der Waals surface area contributed by atoms with Crippen molar-refractivity contribution in [3.8, 4) is 22.4 Å². The summed E-state index contributed by atoms with van der Waals surface area (Å²) in [5.41, 5.74) is 4.74. The van der Waals surface area contributed by atoms with Crippen LogP contribution in [0.3, 0.4) is 0 Å². The minimum Gasteiger partial charge on any atom is -0.248 e. The number of aromatic nitrogens is 3. The van der Waals surface area contributed by atoms with Crippen LogP contribution in [0, 0.1) is 0 Å². The molecular formula is C26H16BrN3O2S2. The van der Waals surface area contributed by atoms with E-state index >= 15 is 0 Å². The first kappa shape index (κ1) is 21.2. The molecular weight excluding hydrogens is 530 g/mol. The molecule has 0 aliphatic heterocycles. The van der Waals surface area contributed by atoms with Gasteiger partial charge in [0.05, 0.1) is 16.1 Å². The van der Waals surface area contributed by atoms with Crippen LogP contribution in [0.25, 0.3) is 44.3 Å². The maximum Gasteiger partial charge on any atom is 0.269 e. The van der Waals surface area contributed by atoms with Crippen LogP contribution in [0.4, 0.5) is 0 Å². The third kappa shape index (κ3) is 3.46. The van der Waals surface area contributed by atoms with Crippen LogP contribution in [-0.2, 0) is 10.0 Å². The van der Waals surface area contributed by atoms with Crippen molar-refractivity contribution in [2.24, 2.45) is 0 Å². The maximum atomic E-state index is 13.5. The topological polar surface area (TPSA) is 64.8 Å². The van der Waals surface area contributed by atoms with Gasteiger partial charge in [-0.05, 0) is 76.5 Å². The van der Waals surface area contributed by atoms with Gasteiger partial charge in [0.25, 0.3) is 10.0 Å². The minimum atomic E-state index is -3.83. The number of thiophene rings is 1. The summed E-state index contributed by atoms with van der Waals surface area (Å²) in [6, 6.07) is 22.2.